The van der Waals surface area contributed by atoms with E-state index in [1.54, 1.807) is 0 Å². The molecule has 3 saturated heterocycles. The Kier molecular flexibility index (Phi) is 28.3. The maximum absolute atomic E-state index is 6.61. The molecule has 0 radical (unpaired) electrons. The van der Waals surface area contributed by atoms with E-state index in [9.17, 15) is 0 Å². The third-order valence-corrected chi connectivity index (χ3v) is 27.0. The van der Waals surface area contributed by atoms with Crippen LogP contribution < -0.4 is 66.6 Å². The van der Waals surface area contributed by atoms with Gasteiger partial charge in [0, 0.05) is 72.5 Å². The second-order valence-electron chi connectivity index (χ2n) is 36.4. The summed E-state index contributed by atoms with van der Waals surface area (Å²) in [6.07, 6.45) is 0. The van der Waals surface area contributed by atoms with Crippen LogP contribution in [0, 0.1) is 0 Å². The lowest BCUT2D eigenvalue weighted by Gasteiger charge is -2.57. The Bertz CT molecular complexity index is 7270. The van der Waals surface area contributed by atoms with Crippen molar-refractivity contribution in [3.8, 4) is 79.5 Å². The van der Waals surface area contributed by atoms with Crippen molar-refractivity contribution >= 4 is 133 Å². The number of para-hydroxylation sites is 5. The fourth-order valence-electron chi connectivity index (χ4n) is 19.4. The first-order chi connectivity index (χ1) is 69.9. The molecule has 3 fully saturated rings. The van der Waals surface area contributed by atoms with Crippen LogP contribution in [-0.2, 0) is 9.31 Å². The summed E-state index contributed by atoms with van der Waals surface area (Å²) in [5, 5.41) is 0.653. The van der Waals surface area contributed by atoms with Crippen LogP contribution in [0.5, 0.6) is 0 Å². The van der Waals surface area contributed by atoms with Crippen molar-refractivity contribution < 1.29 is 9.31 Å². The van der Waals surface area contributed by atoms with Gasteiger partial charge in [-0.25, -0.2) is 29.9 Å². The van der Waals surface area contributed by atoms with Crippen LogP contribution in [-0.4, -0.2) is 90.1 Å². The lowest BCUT2D eigenvalue weighted by atomic mass is 9.37. The number of hydrogen-bond acceptors (Lipinski definition) is 14. The van der Waals surface area contributed by atoms with E-state index >= 15 is 0 Å². The Morgan fingerprint density at radius 1 is 0.182 bits per heavy atom. The summed E-state index contributed by atoms with van der Waals surface area (Å²) in [4.78, 5) is 29.1. The number of benzene rings is 18. The van der Waals surface area contributed by atoms with E-state index in [0.29, 0.717) is 40.0 Å². The number of nitrogens with zero attached hydrogens (tertiary/aromatic N) is 12. The molecule has 0 bridgehead atoms. The molecule has 0 N–H and O–H groups in total. The fourth-order valence-corrected chi connectivity index (χ4v) is 19.6. The van der Waals surface area contributed by atoms with Crippen molar-refractivity contribution in [1.29, 1.82) is 0 Å². The summed E-state index contributed by atoms with van der Waals surface area (Å²) in [6.45, 7) is 7.12. The molecule has 0 unspecified atom stereocenters. The molecule has 3 aliphatic heterocycles. The topological polar surface area (TPSA) is 115 Å². The van der Waals surface area contributed by atoms with E-state index in [4.69, 9.17) is 35.9 Å². The molecule has 18 aromatic carbocycles. The summed E-state index contributed by atoms with van der Waals surface area (Å²) < 4.78 is 28.8. The van der Waals surface area contributed by atoms with Crippen molar-refractivity contribution in [3.05, 3.63) is 527 Å². The summed E-state index contributed by atoms with van der Waals surface area (Å²) >= 11 is 6.14. The highest BCUT2D eigenvalue weighted by atomic mass is 35.5. The zero-order valence-corrected chi connectivity index (χ0v) is 80.0. The van der Waals surface area contributed by atoms with Gasteiger partial charge in [-0.1, -0.05) is 450 Å². The van der Waals surface area contributed by atoms with E-state index in [1.807, 2.05) is 146 Å². The van der Waals surface area contributed by atoms with Crippen molar-refractivity contribution in [3.63, 3.8) is 0 Å². The number of hydrogen-bond donors (Lipinski definition) is 0. The van der Waals surface area contributed by atoms with Gasteiger partial charge in [0.1, 0.15) is 0 Å². The van der Waals surface area contributed by atoms with Gasteiger partial charge in [0.25, 0.3) is 0 Å². The van der Waals surface area contributed by atoms with Crippen molar-refractivity contribution in [2.45, 2.75) is 46.3 Å². The zero-order chi connectivity index (χ0) is 96.1. The van der Waals surface area contributed by atoms with Crippen molar-refractivity contribution in [2.75, 3.05) is 28.3 Å². The molecule has 0 atom stereocenters. The SMILES string of the molecule is C.CC1(C)OB(c2cccc(N3B(c4ccccc4)N(c4ccccc4)B(c4ccccc4)N(c4ccccc4)B3c3ccccc3)c2)OC1(C)C.Clc1cccc(-c2nc(-c3ccccc3)nc(-c3ccccc3)n2)c1.c1ccc(B2N(c3ccccc3)B(c3ccccc3)N(c3ccccc3)B(c3cccc(-c4cccc(-c5nc(-c6ccccc6)nc(-c6ccccc6)n5)c4)c3)N2c2ccccc2)cc1. The third kappa shape index (κ3) is 20.4. The van der Waals surface area contributed by atoms with Gasteiger partial charge in [0.05, 0.1) is 11.2 Å². The standard InChI is InChI=1S/C57H43B3N6.C42H41B4N3O2.C21H14ClN3.CH4/c1-8-24-44(25-9-1)55-61-56(45-26-10-2-11-27-45)63-57(62-55)48-30-22-28-46(42-48)47-29-23-35-51(43-47)60-65(53-38-18-6-19-39-53)58(49-31-12-3-13-32-49)64(52-36-16-5-17-37-52)59(50-33-14-4-15-34-50)66(60)54-40-20-7-21-41-54;1-41(2)42(3,4)51-46(50-41)37-27-20-32-40(33-37)49-44(35-23-12-6-13-24-35)47(38-28-16-8-17-29-38)43(34-21-10-5-11-22-34)48(39-30-18-9-19-31-39)45(49)36-25-14-7-15-26-36;22-18-13-7-12-17(14-18)21-24-19(15-8-3-1-4-9-15)23-20(25-21)16-10-5-2-6-11-16;/h1-43H;5-33H,1-4H3;1-14H;1H4. The van der Waals surface area contributed by atoms with Crippen LogP contribution in [0.25, 0.3) is 79.5 Å². The van der Waals surface area contributed by atoms with E-state index in [1.165, 1.54) is 27.3 Å². The number of aromatic nitrogens is 6. The highest BCUT2D eigenvalue weighted by Gasteiger charge is 2.59. The summed E-state index contributed by atoms with van der Waals surface area (Å²) in [5.41, 5.74) is 21.6. The summed E-state index contributed by atoms with van der Waals surface area (Å²) in [7, 11) is -0.488. The molecule has 0 spiro atoms. The minimum absolute atomic E-state index is 0. The van der Waals surface area contributed by atoms with E-state index in [0.717, 1.165) is 89.6 Å². The molecule has 20 aromatic rings. The maximum atomic E-state index is 6.61. The molecule has 3 aliphatic rings. The van der Waals surface area contributed by atoms with Gasteiger partial charge in [-0.15, -0.1) is 0 Å². The largest absolute Gasteiger partial charge is 0.494 e. The molecule has 2 aromatic heterocycles. The molecule has 5 heterocycles. The van der Waals surface area contributed by atoms with Gasteiger partial charge < -0.3 is 37.6 Å². The highest BCUT2D eigenvalue weighted by molar-refractivity contribution is 7.16. The predicted molar refractivity (Wildman–Crippen MR) is 603 cm³/mol. The molecular weight excluding hydrogens is 1760 g/mol. The Morgan fingerprint density at radius 3 is 0.657 bits per heavy atom. The molecular formula is C121H102B7ClN12O2. The molecule has 143 heavy (non-hydrogen) atoms. The van der Waals surface area contributed by atoms with Crippen LogP contribution in [0.15, 0.2) is 522 Å². The van der Waals surface area contributed by atoms with Gasteiger partial charge in [-0.3, -0.25) is 0 Å². The molecule has 22 heteroatoms. The van der Waals surface area contributed by atoms with Gasteiger partial charge in [-0.2, -0.15) is 0 Å². The van der Waals surface area contributed by atoms with Gasteiger partial charge >= 0.3 is 49.0 Å². The zero-order valence-electron chi connectivity index (χ0n) is 79.3. The smallest absolute Gasteiger partial charge is 0.416 e. The summed E-state index contributed by atoms with van der Waals surface area (Å²) in [5.74, 6) is 3.79. The molecule has 686 valence electrons. The highest BCUT2D eigenvalue weighted by Crippen LogP contribution is 2.41. The summed E-state index contributed by atoms with van der Waals surface area (Å²) in [6, 6.07) is 183. The number of halogens is 1. The van der Waals surface area contributed by atoms with Crippen LogP contribution in [0.1, 0.15) is 35.1 Å². The first-order valence-electron chi connectivity index (χ1n) is 48.2. The second kappa shape index (κ2) is 43.0. The third-order valence-electron chi connectivity index (χ3n) is 26.7. The van der Waals surface area contributed by atoms with Crippen LogP contribution in [0.3, 0.4) is 0 Å². The Morgan fingerprint density at radius 2 is 0.371 bits per heavy atom. The monoisotopic (exact) mass is 1870 g/mol. The molecule has 0 aliphatic carbocycles. The van der Waals surface area contributed by atoms with Gasteiger partial charge in [0.15, 0.2) is 34.9 Å². The van der Waals surface area contributed by atoms with Crippen LogP contribution in [0.4, 0.5) is 34.1 Å². The molecule has 23 rings (SSSR count). The molecule has 0 saturated carbocycles. The van der Waals surface area contributed by atoms with Crippen LogP contribution in [0.2, 0.25) is 5.02 Å². The van der Waals surface area contributed by atoms with E-state index in [2.05, 4.69) is 447 Å². The Labute approximate surface area is 847 Å². The Hall–Kier alpha value is -16.6. The molecule has 0 amide bonds. The van der Waals surface area contributed by atoms with Crippen molar-refractivity contribution in [2.24, 2.45) is 0 Å². The number of anilines is 6. The first kappa shape index (κ1) is 94.1. The predicted octanol–water partition coefficient (Wildman–Crippen LogP) is 22.7. The second-order valence-corrected chi connectivity index (χ2v) is 36.8. The quantitative estimate of drug-likeness (QED) is 0.0674. The van der Waals surface area contributed by atoms with Gasteiger partial charge in [0.2, 0.25) is 0 Å². The minimum Gasteiger partial charge on any atom is -0.416 e. The van der Waals surface area contributed by atoms with Crippen molar-refractivity contribution in [1.82, 2.24) is 29.9 Å². The Balaban J connectivity index is 0.000000143. The van der Waals surface area contributed by atoms with Crippen LogP contribution >= 0.6 is 11.6 Å². The average molecular weight is 1870 g/mol. The average Bonchev–Trinajstić information content (AvgIpc) is 0.970. The van der Waals surface area contributed by atoms with E-state index in [-0.39, 0.29) is 49.3 Å². The molecule has 14 nitrogen and oxygen atoms in total. The van der Waals surface area contributed by atoms with E-state index < -0.39 is 18.3 Å². The first-order valence-corrected chi connectivity index (χ1v) is 48.6. The lowest BCUT2D eigenvalue weighted by Crippen LogP contribution is -2.86. The normalized spacial score (nSPS) is 13.7. The van der Waals surface area contributed by atoms with Gasteiger partial charge in [-0.05, 0) is 168 Å². The lowest BCUT2D eigenvalue weighted by molar-refractivity contribution is 0.00578. The maximum Gasteiger partial charge on any atom is 0.494 e. The fraction of sp³-hybridized carbons (Fsp3) is 0.0579. The number of rotatable bonds is 20. The minimum atomic E-state index is -0.488.